The van der Waals surface area contributed by atoms with Gasteiger partial charge in [-0.2, -0.15) is 0 Å². The minimum Gasteiger partial charge on any atom is -0.497 e. The summed E-state index contributed by atoms with van der Waals surface area (Å²) in [6.07, 6.45) is 6.13. The summed E-state index contributed by atoms with van der Waals surface area (Å²) in [4.78, 5) is 15.0. The van der Waals surface area contributed by atoms with E-state index in [-0.39, 0.29) is 11.4 Å². The Balaban J connectivity index is 1.60. The van der Waals surface area contributed by atoms with Crippen LogP contribution in [0.5, 0.6) is 5.75 Å². The van der Waals surface area contributed by atoms with E-state index in [1.807, 2.05) is 0 Å². The van der Waals surface area contributed by atoms with Gasteiger partial charge >= 0.3 is 0 Å². The van der Waals surface area contributed by atoms with Crippen molar-refractivity contribution in [1.29, 1.82) is 0 Å². The number of hydrogen-bond donors (Lipinski definition) is 2. The fraction of sp³-hybridized carbons (Fsp3) is 0.632. The van der Waals surface area contributed by atoms with E-state index in [0.717, 1.165) is 25.9 Å². The zero-order valence-electron chi connectivity index (χ0n) is 14.5. The first-order valence-electron chi connectivity index (χ1n) is 8.99. The van der Waals surface area contributed by atoms with Crippen molar-refractivity contribution in [3.63, 3.8) is 0 Å². The van der Waals surface area contributed by atoms with Crippen LogP contribution in [-0.2, 0) is 4.79 Å². The molecule has 0 spiro atoms. The normalized spacial score (nSPS) is 21.6. The molecule has 2 aliphatic rings. The number of benzene rings is 1. The lowest BCUT2D eigenvalue weighted by Gasteiger charge is -2.39. The molecule has 2 fully saturated rings. The molecule has 1 saturated heterocycles. The summed E-state index contributed by atoms with van der Waals surface area (Å²) in [6.45, 7) is 2.91. The van der Waals surface area contributed by atoms with Crippen LogP contribution in [-0.4, -0.2) is 48.2 Å². The van der Waals surface area contributed by atoms with Gasteiger partial charge in [-0.1, -0.05) is 25.0 Å². The maximum Gasteiger partial charge on any atom is 0.253 e. The predicted octanol–water partition coefficient (Wildman–Crippen LogP) is 2.25. The molecule has 5 nitrogen and oxygen atoms in total. The number of ether oxygens (including phenoxy) is 1. The molecule has 2 N–H and O–H groups in total. The monoisotopic (exact) mass is 332 g/mol. The van der Waals surface area contributed by atoms with Gasteiger partial charge in [-0.3, -0.25) is 9.69 Å². The third-order valence-electron chi connectivity index (χ3n) is 5.58. The van der Waals surface area contributed by atoms with Crippen LogP contribution in [0.3, 0.4) is 0 Å². The number of nitrogens with one attached hydrogen (secondary N) is 1. The Kier molecular flexibility index (Phi) is 5.41. The predicted molar refractivity (Wildman–Crippen MR) is 93.0 cm³/mol. The highest BCUT2D eigenvalue weighted by atomic mass is 16.5. The van der Waals surface area contributed by atoms with Crippen LogP contribution in [0.1, 0.15) is 50.2 Å². The quantitative estimate of drug-likeness (QED) is 0.839. The Morgan fingerprint density at radius 3 is 2.42 bits per heavy atom. The summed E-state index contributed by atoms with van der Waals surface area (Å²) in [5.41, 5.74) is 0.696. The van der Waals surface area contributed by atoms with Crippen LogP contribution in [0.4, 0.5) is 0 Å². The molecule has 1 aromatic rings. The molecule has 0 unspecified atom stereocenters. The van der Waals surface area contributed by atoms with Gasteiger partial charge in [0.05, 0.1) is 7.11 Å². The van der Waals surface area contributed by atoms with Gasteiger partial charge in [0.1, 0.15) is 5.75 Å². The van der Waals surface area contributed by atoms with Crippen molar-refractivity contribution in [2.75, 3.05) is 26.7 Å². The number of amides is 1. The summed E-state index contributed by atoms with van der Waals surface area (Å²) in [5.74, 6) is 0.399. The van der Waals surface area contributed by atoms with Gasteiger partial charge in [-0.15, -0.1) is 0 Å². The molecule has 1 aliphatic heterocycles. The van der Waals surface area contributed by atoms with Crippen LogP contribution >= 0.6 is 0 Å². The fourth-order valence-corrected chi connectivity index (χ4v) is 4.12. The third-order valence-corrected chi connectivity index (χ3v) is 5.58. The van der Waals surface area contributed by atoms with E-state index in [9.17, 15) is 9.90 Å². The lowest BCUT2D eigenvalue weighted by molar-refractivity contribution is -0.130. The van der Waals surface area contributed by atoms with E-state index in [4.69, 9.17) is 4.74 Å². The first-order chi connectivity index (χ1) is 11.6. The number of aliphatic hydroxyl groups is 1. The van der Waals surface area contributed by atoms with Gasteiger partial charge in [0.2, 0.25) is 0 Å². The average Bonchev–Trinajstić information content (AvgIpc) is 3.31. The van der Waals surface area contributed by atoms with Crippen molar-refractivity contribution in [3.05, 3.63) is 29.8 Å². The Bertz CT molecular complexity index is 546. The highest BCUT2D eigenvalue weighted by Gasteiger charge is 2.40. The van der Waals surface area contributed by atoms with Gasteiger partial charge in [0.15, 0.2) is 6.10 Å². The Hall–Kier alpha value is -1.59. The second-order valence-corrected chi connectivity index (χ2v) is 7.02. The molecular formula is C19H28N2O3. The maximum atomic E-state index is 12.4. The van der Waals surface area contributed by atoms with Gasteiger partial charge < -0.3 is 15.2 Å². The topological polar surface area (TPSA) is 61.8 Å². The molecule has 1 saturated carbocycles. The van der Waals surface area contributed by atoms with Crippen LogP contribution in [0.25, 0.3) is 0 Å². The van der Waals surface area contributed by atoms with Crippen LogP contribution in [0, 0.1) is 0 Å². The third kappa shape index (κ3) is 3.57. The number of hydrogen-bond acceptors (Lipinski definition) is 4. The molecule has 24 heavy (non-hydrogen) atoms. The highest BCUT2D eigenvalue weighted by Crippen LogP contribution is 2.37. The first-order valence-corrected chi connectivity index (χ1v) is 8.99. The molecule has 0 radical (unpaired) electrons. The number of carbonyl (C=O) groups is 1. The molecule has 0 bridgehead atoms. The maximum absolute atomic E-state index is 12.4. The van der Waals surface area contributed by atoms with Crippen molar-refractivity contribution in [2.45, 2.75) is 50.2 Å². The largest absolute Gasteiger partial charge is 0.497 e. The zero-order valence-corrected chi connectivity index (χ0v) is 14.5. The first kappa shape index (κ1) is 17.2. The number of aliphatic hydroxyl groups excluding tert-OH is 1. The van der Waals surface area contributed by atoms with E-state index in [1.165, 1.54) is 25.7 Å². The minimum atomic E-state index is -1.13. The SMILES string of the molecule is COc1ccc([C@H](O)C(=O)NCC2(N3CCCC3)CCCC2)cc1. The average molecular weight is 332 g/mol. The summed E-state index contributed by atoms with van der Waals surface area (Å²) < 4.78 is 5.11. The van der Waals surface area contributed by atoms with Gasteiger partial charge in [0.25, 0.3) is 5.91 Å². The van der Waals surface area contributed by atoms with E-state index >= 15 is 0 Å². The zero-order chi connectivity index (χ0) is 17.0. The number of rotatable bonds is 6. The number of methoxy groups -OCH3 is 1. The summed E-state index contributed by atoms with van der Waals surface area (Å²) in [6, 6.07) is 6.98. The van der Waals surface area contributed by atoms with Crippen molar-refractivity contribution < 1.29 is 14.6 Å². The standard InChI is InChI=1S/C19H28N2O3/c1-24-16-8-6-15(7-9-16)17(22)18(23)20-14-19(10-2-3-11-19)21-12-4-5-13-21/h6-9,17,22H,2-5,10-14H2,1H3,(H,20,23)/t17-/m0/s1. The molecule has 1 amide bonds. The van der Waals surface area contributed by atoms with Crippen LogP contribution < -0.4 is 10.1 Å². The highest BCUT2D eigenvalue weighted by molar-refractivity contribution is 5.82. The number of nitrogens with zero attached hydrogens (tertiary/aromatic N) is 1. The molecule has 1 aromatic carbocycles. The lowest BCUT2D eigenvalue weighted by atomic mass is 9.95. The number of carbonyl (C=O) groups excluding carboxylic acids is 1. The molecule has 3 rings (SSSR count). The number of likely N-dealkylation sites (tertiary alicyclic amines) is 1. The summed E-state index contributed by atoms with van der Waals surface area (Å²) in [7, 11) is 1.59. The Morgan fingerprint density at radius 1 is 1.21 bits per heavy atom. The van der Waals surface area contributed by atoms with Crippen LogP contribution in [0.15, 0.2) is 24.3 Å². The van der Waals surface area contributed by atoms with Crippen molar-refractivity contribution in [2.24, 2.45) is 0 Å². The molecule has 132 valence electrons. The second-order valence-electron chi connectivity index (χ2n) is 7.02. The molecular weight excluding hydrogens is 304 g/mol. The van der Waals surface area contributed by atoms with Crippen molar-refractivity contribution in [1.82, 2.24) is 10.2 Å². The Labute approximate surface area is 144 Å². The van der Waals surface area contributed by atoms with E-state index in [0.29, 0.717) is 17.9 Å². The van der Waals surface area contributed by atoms with Gasteiger partial charge in [-0.25, -0.2) is 0 Å². The minimum absolute atomic E-state index is 0.103. The molecule has 1 heterocycles. The van der Waals surface area contributed by atoms with E-state index in [2.05, 4.69) is 10.2 Å². The van der Waals surface area contributed by atoms with E-state index < -0.39 is 6.10 Å². The second kappa shape index (κ2) is 7.53. The van der Waals surface area contributed by atoms with Gasteiger partial charge in [0, 0.05) is 12.1 Å². The van der Waals surface area contributed by atoms with Crippen molar-refractivity contribution in [3.8, 4) is 5.75 Å². The smallest absolute Gasteiger partial charge is 0.253 e. The molecule has 1 aliphatic carbocycles. The Morgan fingerprint density at radius 2 is 1.83 bits per heavy atom. The molecule has 1 atom stereocenters. The van der Waals surface area contributed by atoms with Gasteiger partial charge in [-0.05, 0) is 56.5 Å². The summed E-state index contributed by atoms with van der Waals surface area (Å²) >= 11 is 0. The van der Waals surface area contributed by atoms with Crippen LogP contribution in [0.2, 0.25) is 0 Å². The molecule has 0 aromatic heterocycles. The fourth-order valence-electron chi connectivity index (χ4n) is 4.12. The molecule has 5 heteroatoms. The summed E-state index contributed by atoms with van der Waals surface area (Å²) in [5, 5.41) is 13.3. The lowest BCUT2D eigenvalue weighted by Crippen LogP contribution is -2.53. The van der Waals surface area contributed by atoms with Crippen molar-refractivity contribution >= 4 is 5.91 Å². The van der Waals surface area contributed by atoms with E-state index in [1.54, 1.807) is 31.4 Å².